The van der Waals surface area contributed by atoms with Crippen LogP contribution in [-0.2, 0) is 12.7 Å². The van der Waals surface area contributed by atoms with E-state index in [1.807, 2.05) is 18.2 Å². The molecule has 1 aromatic heterocycles. The minimum absolute atomic E-state index is 0.0535. The maximum Gasteiger partial charge on any atom is 0.416 e. The highest BCUT2D eigenvalue weighted by atomic mass is 19.4. The summed E-state index contributed by atoms with van der Waals surface area (Å²) in [6.07, 6.45) is -4.45. The second-order valence-electron chi connectivity index (χ2n) is 6.26. The minimum atomic E-state index is -4.45. The molecule has 0 radical (unpaired) electrons. The molecule has 1 amide bonds. The summed E-state index contributed by atoms with van der Waals surface area (Å²) in [5.74, 6) is 0.561. The van der Waals surface area contributed by atoms with E-state index >= 15 is 0 Å². The van der Waals surface area contributed by atoms with Gasteiger partial charge in [0.1, 0.15) is 11.5 Å². The summed E-state index contributed by atoms with van der Waals surface area (Å²) in [6.45, 7) is 0.329. The second-order valence-corrected chi connectivity index (χ2v) is 6.26. The molecule has 0 N–H and O–H groups in total. The van der Waals surface area contributed by atoms with Crippen LogP contribution in [-0.4, -0.2) is 25.0 Å². The molecule has 1 heterocycles. The molecular formula is C21H18F3NO3. The Morgan fingerprint density at radius 2 is 1.82 bits per heavy atom. The Labute approximate surface area is 160 Å². The van der Waals surface area contributed by atoms with Crippen LogP contribution in [0.25, 0.3) is 11.3 Å². The third-order valence-corrected chi connectivity index (χ3v) is 4.19. The summed E-state index contributed by atoms with van der Waals surface area (Å²) in [6, 6.07) is 15.0. The molecule has 28 heavy (non-hydrogen) atoms. The van der Waals surface area contributed by atoms with Crippen molar-refractivity contribution in [3.63, 3.8) is 0 Å². The highest BCUT2D eigenvalue weighted by Crippen LogP contribution is 2.32. The Hall–Kier alpha value is -3.22. The first-order valence-electron chi connectivity index (χ1n) is 8.44. The standard InChI is InChI=1S/C21H18F3NO3/c1-25(13-14-5-3-8-17(11-14)27-2)20(26)19-10-9-18(28-19)15-6-4-7-16(12-15)21(22,23)24/h3-12H,13H2,1-2H3. The zero-order valence-electron chi connectivity index (χ0n) is 15.3. The van der Waals surface area contributed by atoms with Crippen molar-refractivity contribution in [2.45, 2.75) is 12.7 Å². The van der Waals surface area contributed by atoms with Crippen molar-refractivity contribution in [1.29, 1.82) is 0 Å². The van der Waals surface area contributed by atoms with Crippen molar-refractivity contribution >= 4 is 5.91 Å². The van der Waals surface area contributed by atoms with Crippen LogP contribution in [0.1, 0.15) is 21.7 Å². The molecule has 0 aliphatic heterocycles. The number of ether oxygens (including phenoxy) is 1. The van der Waals surface area contributed by atoms with Crippen molar-refractivity contribution in [2.24, 2.45) is 0 Å². The Kier molecular flexibility index (Phi) is 5.44. The maximum absolute atomic E-state index is 12.9. The number of methoxy groups -OCH3 is 1. The molecule has 0 aliphatic rings. The SMILES string of the molecule is COc1cccc(CN(C)C(=O)c2ccc(-c3cccc(C(F)(F)F)c3)o2)c1. The zero-order chi connectivity index (χ0) is 20.3. The fraction of sp³-hybridized carbons (Fsp3) is 0.190. The molecule has 0 bridgehead atoms. The predicted molar refractivity (Wildman–Crippen MR) is 97.9 cm³/mol. The number of carbonyl (C=O) groups excluding carboxylic acids is 1. The van der Waals surface area contributed by atoms with Crippen molar-refractivity contribution in [2.75, 3.05) is 14.2 Å². The van der Waals surface area contributed by atoms with Crippen LogP contribution in [0.5, 0.6) is 5.75 Å². The Balaban J connectivity index is 1.76. The molecular weight excluding hydrogens is 371 g/mol. The van der Waals surface area contributed by atoms with Crippen LogP contribution in [0.3, 0.4) is 0 Å². The molecule has 0 spiro atoms. The van der Waals surface area contributed by atoms with E-state index in [-0.39, 0.29) is 23.0 Å². The van der Waals surface area contributed by atoms with Crippen LogP contribution in [0.15, 0.2) is 65.1 Å². The third-order valence-electron chi connectivity index (χ3n) is 4.19. The third kappa shape index (κ3) is 4.36. The number of hydrogen-bond acceptors (Lipinski definition) is 3. The first-order valence-corrected chi connectivity index (χ1v) is 8.44. The van der Waals surface area contributed by atoms with Gasteiger partial charge in [0.05, 0.1) is 12.7 Å². The molecule has 3 aromatic rings. The number of amides is 1. The van der Waals surface area contributed by atoms with Gasteiger partial charge < -0.3 is 14.1 Å². The molecule has 0 fully saturated rings. The molecule has 0 saturated heterocycles. The summed E-state index contributed by atoms with van der Waals surface area (Å²) in [4.78, 5) is 14.1. The number of rotatable bonds is 5. The topological polar surface area (TPSA) is 42.7 Å². The average molecular weight is 389 g/mol. The molecule has 4 nitrogen and oxygen atoms in total. The molecule has 0 saturated carbocycles. The monoisotopic (exact) mass is 389 g/mol. The van der Waals surface area contributed by atoms with Gasteiger partial charge in [0.2, 0.25) is 0 Å². The van der Waals surface area contributed by atoms with Crippen molar-refractivity contribution in [1.82, 2.24) is 4.90 Å². The summed E-state index contributed by atoms with van der Waals surface area (Å²) in [7, 11) is 3.18. The number of carbonyl (C=O) groups is 1. The van der Waals surface area contributed by atoms with Crippen LogP contribution in [0, 0.1) is 0 Å². The van der Waals surface area contributed by atoms with Crippen LogP contribution < -0.4 is 4.74 Å². The van der Waals surface area contributed by atoms with E-state index in [4.69, 9.17) is 9.15 Å². The summed E-state index contributed by atoms with van der Waals surface area (Å²) >= 11 is 0. The number of alkyl halides is 3. The summed E-state index contributed by atoms with van der Waals surface area (Å²) in [5.41, 5.74) is 0.355. The van der Waals surface area contributed by atoms with Gasteiger partial charge in [0.15, 0.2) is 5.76 Å². The molecule has 0 unspecified atom stereocenters. The van der Waals surface area contributed by atoms with E-state index in [9.17, 15) is 18.0 Å². The van der Waals surface area contributed by atoms with E-state index in [0.717, 1.165) is 17.7 Å². The molecule has 3 rings (SSSR count). The number of furan rings is 1. The smallest absolute Gasteiger partial charge is 0.416 e. The molecule has 2 aromatic carbocycles. The number of nitrogens with zero attached hydrogens (tertiary/aromatic N) is 1. The van der Waals surface area contributed by atoms with Gasteiger partial charge in [0.25, 0.3) is 5.91 Å². The first kappa shape index (κ1) is 19.5. The van der Waals surface area contributed by atoms with Gasteiger partial charge in [-0.25, -0.2) is 0 Å². The van der Waals surface area contributed by atoms with Gasteiger partial charge in [0, 0.05) is 19.2 Å². The Morgan fingerprint density at radius 3 is 2.54 bits per heavy atom. The lowest BCUT2D eigenvalue weighted by molar-refractivity contribution is -0.137. The normalized spacial score (nSPS) is 11.3. The van der Waals surface area contributed by atoms with Crippen LogP contribution in [0.2, 0.25) is 0 Å². The van der Waals surface area contributed by atoms with Gasteiger partial charge in [-0.2, -0.15) is 13.2 Å². The summed E-state index contributed by atoms with van der Waals surface area (Å²) in [5, 5.41) is 0. The molecule has 146 valence electrons. The average Bonchev–Trinajstić information content (AvgIpc) is 3.17. The highest BCUT2D eigenvalue weighted by Gasteiger charge is 2.30. The van der Waals surface area contributed by atoms with Crippen molar-refractivity contribution in [3.05, 3.63) is 77.6 Å². The van der Waals surface area contributed by atoms with Crippen molar-refractivity contribution < 1.29 is 27.1 Å². The lowest BCUT2D eigenvalue weighted by Gasteiger charge is -2.16. The zero-order valence-corrected chi connectivity index (χ0v) is 15.3. The van der Waals surface area contributed by atoms with E-state index in [0.29, 0.717) is 12.3 Å². The van der Waals surface area contributed by atoms with Crippen molar-refractivity contribution in [3.8, 4) is 17.1 Å². The highest BCUT2D eigenvalue weighted by molar-refractivity contribution is 5.92. The molecule has 7 heteroatoms. The van der Waals surface area contributed by atoms with Gasteiger partial charge in [-0.15, -0.1) is 0 Å². The number of benzene rings is 2. The van der Waals surface area contributed by atoms with E-state index in [1.54, 1.807) is 20.2 Å². The lowest BCUT2D eigenvalue weighted by atomic mass is 10.1. The second kappa shape index (κ2) is 7.80. The largest absolute Gasteiger partial charge is 0.497 e. The Morgan fingerprint density at radius 1 is 1.07 bits per heavy atom. The molecule has 0 aliphatic carbocycles. The Bertz CT molecular complexity index is 979. The van der Waals surface area contributed by atoms with Gasteiger partial charge in [-0.3, -0.25) is 4.79 Å². The van der Waals surface area contributed by atoms with E-state index < -0.39 is 11.7 Å². The maximum atomic E-state index is 12.9. The van der Waals surface area contributed by atoms with Crippen LogP contribution in [0.4, 0.5) is 13.2 Å². The predicted octanol–water partition coefficient (Wildman–Crippen LogP) is 5.25. The van der Waals surface area contributed by atoms with E-state index in [2.05, 4.69) is 0 Å². The number of halogens is 3. The van der Waals surface area contributed by atoms with Gasteiger partial charge in [-0.1, -0.05) is 24.3 Å². The van der Waals surface area contributed by atoms with Gasteiger partial charge in [-0.05, 0) is 42.0 Å². The fourth-order valence-electron chi connectivity index (χ4n) is 2.76. The summed E-state index contributed by atoms with van der Waals surface area (Å²) < 4.78 is 49.3. The van der Waals surface area contributed by atoms with Gasteiger partial charge >= 0.3 is 6.18 Å². The quantitative estimate of drug-likeness (QED) is 0.599. The minimum Gasteiger partial charge on any atom is -0.497 e. The van der Waals surface area contributed by atoms with E-state index in [1.165, 1.54) is 29.2 Å². The number of hydrogen-bond donors (Lipinski definition) is 0. The first-order chi connectivity index (χ1) is 13.3. The van der Waals surface area contributed by atoms with Crippen LogP contribution >= 0.6 is 0 Å². The fourth-order valence-corrected chi connectivity index (χ4v) is 2.76. The molecule has 0 atom stereocenters. The lowest BCUT2D eigenvalue weighted by Crippen LogP contribution is -2.25.